The van der Waals surface area contributed by atoms with Gasteiger partial charge in [0, 0.05) is 11.2 Å². The molecule has 0 fully saturated rings. The molecule has 0 atom stereocenters. The predicted octanol–water partition coefficient (Wildman–Crippen LogP) is 5.15. The maximum atomic E-state index is 12.9. The summed E-state index contributed by atoms with van der Waals surface area (Å²) in [6.45, 7) is 4.05. The van der Waals surface area contributed by atoms with Gasteiger partial charge >= 0.3 is 0 Å². The van der Waals surface area contributed by atoms with E-state index < -0.39 is 0 Å². The van der Waals surface area contributed by atoms with E-state index in [1.807, 2.05) is 29.7 Å². The third kappa shape index (κ3) is 3.12. The lowest BCUT2D eigenvalue weighted by atomic mass is 10.2. The van der Waals surface area contributed by atoms with Gasteiger partial charge in [-0.25, -0.2) is 4.98 Å². The predicted molar refractivity (Wildman–Crippen MR) is 98.3 cm³/mol. The maximum absolute atomic E-state index is 12.9. The molecule has 0 unspecified atom stereocenters. The number of imidazole rings is 1. The number of halogens is 2. The lowest BCUT2D eigenvalue weighted by Crippen LogP contribution is -2.16. The number of hydrogen-bond acceptors (Lipinski definition) is 2. The summed E-state index contributed by atoms with van der Waals surface area (Å²) in [4.78, 5) is 17.5. The summed E-state index contributed by atoms with van der Waals surface area (Å²) in [5.41, 5.74) is 3.68. The molecule has 2 aromatic heterocycles. The normalized spacial score (nSPS) is 11.0. The Morgan fingerprint density at radius 2 is 2.08 bits per heavy atom. The lowest BCUT2D eigenvalue weighted by Gasteiger charge is -2.09. The minimum absolute atomic E-state index is 0.235. The van der Waals surface area contributed by atoms with Crippen LogP contribution in [0.5, 0.6) is 0 Å². The number of aromatic nitrogens is 2. The van der Waals surface area contributed by atoms with E-state index in [-0.39, 0.29) is 5.91 Å². The molecule has 0 spiro atoms. The molecule has 4 nitrogen and oxygen atoms in total. The van der Waals surface area contributed by atoms with Crippen LogP contribution in [0.3, 0.4) is 0 Å². The van der Waals surface area contributed by atoms with Crippen molar-refractivity contribution in [2.24, 2.45) is 0 Å². The molecule has 24 heavy (non-hydrogen) atoms. The largest absolute Gasteiger partial charge is 0.319 e. The van der Waals surface area contributed by atoms with Crippen LogP contribution in [0.25, 0.3) is 5.65 Å². The van der Waals surface area contributed by atoms with E-state index >= 15 is 0 Å². The minimum Gasteiger partial charge on any atom is -0.319 e. The van der Waals surface area contributed by atoms with Crippen molar-refractivity contribution in [1.82, 2.24) is 9.38 Å². The zero-order valence-corrected chi connectivity index (χ0v) is 14.9. The zero-order chi connectivity index (χ0) is 17.3. The van der Waals surface area contributed by atoms with Crippen LogP contribution < -0.4 is 5.32 Å². The zero-order valence-electron chi connectivity index (χ0n) is 13.4. The molecule has 0 saturated heterocycles. The Morgan fingerprint density at radius 3 is 2.79 bits per heavy atom. The van der Waals surface area contributed by atoms with Crippen molar-refractivity contribution in [2.75, 3.05) is 5.32 Å². The molecule has 3 aromatic rings. The minimum atomic E-state index is -0.235. The number of amides is 1. The highest BCUT2D eigenvalue weighted by atomic mass is 35.5. The van der Waals surface area contributed by atoms with Gasteiger partial charge in [-0.15, -0.1) is 0 Å². The van der Waals surface area contributed by atoms with E-state index in [9.17, 15) is 4.79 Å². The molecular formula is C18H17Cl2N3O. The molecule has 0 aliphatic heterocycles. The summed E-state index contributed by atoms with van der Waals surface area (Å²) >= 11 is 12.1. The molecule has 6 heteroatoms. The highest BCUT2D eigenvalue weighted by Crippen LogP contribution is 2.26. The third-order valence-corrected chi connectivity index (χ3v) is 4.35. The third-order valence-electron chi connectivity index (χ3n) is 3.80. The number of pyridine rings is 1. The van der Waals surface area contributed by atoms with Gasteiger partial charge < -0.3 is 5.32 Å². The van der Waals surface area contributed by atoms with Crippen LogP contribution in [0.15, 0.2) is 36.5 Å². The second-order valence-corrected chi connectivity index (χ2v) is 6.46. The first kappa shape index (κ1) is 16.8. The van der Waals surface area contributed by atoms with Gasteiger partial charge in [0.05, 0.1) is 16.4 Å². The van der Waals surface area contributed by atoms with E-state index in [4.69, 9.17) is 23.2 Å². The van der Waals surface area contributed by atoms with Crippen LogP contribution in [-0.4, -0.2) is 15.3 Å². The number of hydrogen-bond donors (Lipinski definition) is 1. The Bertz CT molecular complexity index is 918. The van der Waals surface area contributed by atoms with E-state index in [2.05, 4.69) is 17.2 Å². The van der Waals surface area contributed by atoms with Crippen molar-refractivity contribution in [3.63, 3.8) is 0 Å². The Kier molecular flexibility index (Phi) is 4.78. The number of carbonyl (C=O) groups is 1. The molecule has 0 radical (unpaired) electrons. The first-order valence-corrected chi connectivity index (χ1v) is 8.49. The van der Waals surface area contributed by atoms with Crippen LogP contribution in [0.1, 0.15) is 35.1 Å². The number of nitrogens with one attached hydrogen (secondary N) is 1. The standard InChI is InChI=1S/C18H17Cl2N3O/c1-3-5-15-16(23-9-4-6-11(2)17(23)21-15)18(24)22-14-8-7-12(19)10-13(14)20/h4,6-10H,3,5H2,1-2H3,(H,22,24). The molecule has 0 aliphatic rings. The molecule has 124 valence electrons. The topological polar surface area (TPSA) is 46.4 Å². The smallest absolute Gasteiger partial charge is 0.274 e. The average molecular weight is 362 g/mol. The first-order valence-electron chi connectivity index (χ1n) is 7.74. The SMILES string of the molecule is CCCc1nc2c(C)cccn2c1C(=O)Nc1ccc(Cl)cc1Cl. The van der Waals surface area contributed by atoms with Crippen LogP contribution in [0.4, 0.5) is 5.69 Å². The average Bonchev–Trinajstić information content (AvgIpc) is 2.90. The van der Waals surface area contributed by atoms with E-state index in [0.717, 1.165) is 29.7 Å². The summed E-state index contributed by atoms with van der Waals surface area (Å²) in [6, 6.07) is 8.87. The first-order chi connectivity index (χ1) is 11.5. The molecule has 2 heterocycles. The van der Waals surface area contributed by atoms with Gasteiger partial charge in [0.1, 0.15) is 11.3 Å². The van der Waals surface area contributed by atoms with Crippen LogP contribution >= 0.6 is 23.2 Å². The van der Waals surface area contributed by atoms with Gasteiger partial charge in [-0.2, -0.15) is 0 Å². The summed E-state index contributed by atoms with van der Waals surface area (Å²) in [7, 11) is 0. The van der Waals surface area contributed by atoms with Crippen LogP contribution in [0.2, 0.25) is 10.0 Å². The summed E-state index contributed by atoms with van der Waals surface area (Å²) in [6.07, 6.45) is 3.50. The summed E-state index contributed by atoms with van der Waals surface area (Å²) in [5, 5.41) is 3.78. The van der Waals surface area contributed by atoms with Crippen molar-refractivity contribution in [3.05, 3.63) is 63.5 Å². The highest BCUT2D eigenvalue weighted by molar-refractivity contribution is 6.36. The Labute approximate surface area is 150 Å². The fourth-order valence-corrected chi connectivity index (χ4v) is 3.13. The van der Waals surface area contributed by atoms with E-state index in [0.29, 0.717) is 21.4 Å². The van der Waals surface area contributed by atoms with E-state index in [1.165, 1.54) is 0 Å². The number of aryl methyl sites for hydroxylation is 2. The van der Waals surface area contributed by atoms with Crippen molar-refractivity contribution in [3.8, 4) is 0 Å². The fourth-order valence-electron chi connectivity index (χ4n) is 2.67. The Balaban J connectivity index is 2.05. The molecule has 0 aliphatic carbocycles. The second-order valence-electron chi connectivity index (χ2n) is 5.62. The number of benzene rings is 1. The molecule has 1 N–H and O–H groups in total. The van der Waals surface area contributed by atoms with Crippen LogP contribution in [0, 0.1) is 6.92 Å². The maximum Gasteiger partial charge on any atom is 0.274 e. The molecule has 1 amide bonds. The summed E-state index contributed by atoms with van der Waals surface area (Å²) in [5.74, 6) is -0.235. The highest BCUT2D eigenvalue weighted by Gasteiger charge is 2.20. The molecule has 0 bridgehead atoms. The van der Waals surface area contributed by atoms with Crippen molar-refractivity contribution in [2.45, 2.75) is 26.7 Å². The number of anilines is 1. The van der Waals surface area contributed by atoms with Crippen molar-refractivity contribution < 1.29 is 4.79 Å². The lowest BCUT2D eigenvalue weighted by molar-refractivity contribution is 0.102. The molecule has 0 saturated carbocycles. The quantitative estimate of drug-likeness (QED) is 0.697. The van der Waals surface area contributed by atoms with Gasteiger partial charge in [-0.1, -0.05) is 42.6 Å². The van der Waals surface area contributed by atoms with Gasteiger partial charge in [0.15, 0.2) is 0 Å². The van der Waals surface area contributed by atoms with Gasteiger partial charge in [0.2, 0.25) is 0 Å². The Hall–Kier alpha value is -2.04. The van der Waals surface area contributed by atoms with Crippen LogP contribution in [-0.2, 0) is 6.42 Å². The number of fused-ring (bicyclic) bond motifs is 1. The number of nitrogens with zero attached hydrogens (tertiary/aromatic N) is 2. The van der Waals surface area contributed by atoms with Gasteiger partial charge in [-0.05, 0) is 43.2 Å². The van der Waals surface area contributed by atoms with E-state index in [1.54, 1.807) is 18.2 Å². The second kappa shape index (κ2) is 6.83. The number of rotatable bonds is 4. The Morgan fingerprint density at radius 1 is 1.29 bits per heavy atom. The van der Waals surface area contributed by atoms with Crippen molar-refractivity contribution in [1.29, 1.82) is 0 Å². The molecular weight excluding hydrogens is 345 g/mol. The fraction of sp³-hybridized carbons (Fsp3) is 0.222. The van der Waals surface area contributed by atoms with Gasteiger partial charge in [-0.3, -0.25) is 9.20 Å². The van der Waals surface area contributed by atoms with Gasteiger partial charge in [0.25, 0.3) is 5.91 Å². The number of carbonyl (C=O) groups excluding carboxylic acids is 1. The molecule has 1 aromatic carbocycles. The monoisotopic (exact) mass is 361 g/mol. The van der Waals surface area contributed by atoms with Crippen molar-refractivity contribution >= 4 is 40.4 Å². The summed E-state index contributed by atoms with van der Waals surface area (Å²) < 4.78 is 1.83. The molecule has 3 rings (SSSR count).